The van der Waals surface area contributed by atoms with Crippen LogP contribution in [0, 0.1) is 11.3 Å². The molecule has 2 aliphatic rings. The van der Waals surface area contributed by atoms with E-state index in [4.69, 9.17) is 5.26 Å². The van der Waals surface area contributed by atoms with Gasteiger partial charge in [-0.2, -0.15) is 5.26 Å². The minimum atomic E-state index is 0.264. The molecule has 2 saturated heterocycles. The quantitative estimate of drug-likeness (QED) is 0.829. The maximum absolute atomic E-state index is 12.8. The summed E-state index contributed by atoms with van der Waals surface area (Å²) in [6.45, 7) is 7.09. The van der Waals surface area contributed by atoms with Gasteiger partial charge in [-0.3, -0.25) is 9.69 Å². The van der Waals surface area contributed by atoms with Crippen LogP contribution in [0.1, 0.15) is 44.6 Å². The number of piperidine rings is 1. The Morgan fingerprint density at radius 1 is 1.19 bits per heavy atom. The van der Waals surface area contributed by atoms with Crippen LogP contribution < -0.4 is 4.90 Å². The lowest BCUT2D eigenvalue weighted by molar-refractivity contribution is -0.133. The highest BCUT2D eigenvalue weighted by Crippen LogP contribution is 2.20. The van der Waals surface area contributed by atoms with Crippen molar-refractivity contribution in [2.24, 2.45) is 0 Å². The zero-order chi connectivity index (χ0) is 18.4. The topological polar surface area (TPSA) is 63.5 Å². The van der Waals surface area contributed by atoms with Crippen molar-refractivity contribution in [2.75, 3.05) is 44.2 Å². The molecule has 0 radical (unpaired) electrons. The fourth-order valence-corrected chi connectivity index (χ4v) is 4.04. The van der Waals surface area contributed by atoms with E-state index in [-0.39, 0.29) is 5.91 Å². The van der Waals surface area contributed by atoms with Gasteiger partial charge < -0.3 is 9.80 Å². The molecular weight excluding hydrogens is 326 g/mol. The van der Waals surface area contributed by atoms with Gasteiger partial charge in [0.05, 0.1) is 12.1 Å². The number of nitriles is 1. The van der Waals surface area contributed by atoms with Crippen molar-refractivity contribution in [2.45, 2.75) is 45.1 Å². The number of carbonyl (C=O) groups excluding carboxylic acids is 1. The zero-order valence-corrected chi connectivity index (χ0v) is 15.7. The Morgan fingerprint density at radius 2 is 2.08 bits per heavy atom. The fraction of sp³-hybridized carbons (Fsp3) is 0.650. The lowest BCUT2D eigenvalue weighted by Crippen LogP contribution is -2.47. The van der Waals surface area contributed by atoms with E-state index < -0.39 is 0 Å². The molecule has 3 rings (SSSR count). The van der Waals surface area contributed by atoms with Gasteiger partial charge in [-0.05, 0) is 44.4 Å². The van der Waals surface area contributed by atoms with E-state index in [1.165, 1.54) is 19.3 Å². The molecular formula is C20H29N5O. The van der Waals surface area contributed by atoms with Crippen molar-refractivity contribution in [3.8, 4) is 6.07 Å². The van der Waals surface area contributed by atoms with E-state index in [9.17, 15) is 4.79 Å². The number of pyridine rings is 1. The van der Waals surface area contributed by atoms with E-state index in [1.54, 1.807) is 12.3 Å². The van der Waals surface area contributed by atoms with Gasteiger partial charge in [-0.15, -0.1) is 0 Å². The third kappa shape index (κ3) is 4.53. The number of rotatable bonds is 4. The second-order valence-electron chi connectivity index (χ2n) is 7.27. The number of hydrogen-bond donors (Lipinski definition) is 0. The third-order valence-electron chi connectivity index (χ3n) is 5.61. The van der Waals surface area contributed by atoms with Gasteiger partial charge >= 0.3 is 0 Å². The van der Waals surface area contributed by atoms with E-state index in [0.717, 1.165) is 51.4 Å². The van der Waals surface area contributed by atoms with Gasteiger partial charge in [0.1, 0.15) is 11.9 Å². The largest absolute Gasteiger partial charge is 0.355 e. The molecule has 0 saturated carbocycles. The summed E-state index contributed by atoms with van der Waals surface area (Å²) in [6, 6.07) is 6.37. The normalized spacial score (nSPS) is 21.9. The Morgan fingerprint density at radius 3 is 2.81 bits per heavy atom. The average molecular weight is 355 g/mol. The van der Waals surface area contributed by atoms with Crippen LogP contribution in [0.5, 0.6) is 0 Å². The number of likely N-dealkylation sites (tertiary alicyclic amines) is 1. The predicted octanol–water partition coefficient (Wildman–Crippen LogP) is 2.26. The standard InChI is InChI=1S/C20H29N5O/c1-2-18-6-3-4-9-25(18)16-20(26)24-11-5-10-23(12-13-24)19-8-7-17(14-21)15-22-19/h7-8,15,18H,2-6,9-13,16H2,1H3. The molecule has 0 bridgehead atoms. The van der Waals surface area contributed by atoms with Crippen LogP contribution in [0.25, 0.3) is 0 Å². The van der Waals surface area contributed by atoms with Gasteiger partial charge in [0.2, 0.25) is 5.91 Å². The van der Waals surface area contributed by atoms with Crippen molar-refractivity contribution in [1.29, 1.82) is 5.26 Å². The summed E-state index contributed by atoms with van der Waals surface area (Å²) in [6.07, 6.45) is 7.42. The first kappa shape index (κ1) is 18.7. The Bertz CT molecular complexity index is 639. The molecule has 1 atom stereocenters. The molecule has 0 aliphatic carbocycles. The molecule has 1 aromatic heterocycles. The minimum Gasteiger partial charge on any atom is -0.355 e. The lowest BCUT2D eigenvalue weighted by atomic mass is 10.00. The Balaban J connectivity index is 1.55. The summed E-state index contributed by atoms with van der Waals surface area (Å²) in [5.41, 5.74) is 0.576. The molecule has 0 spiro atoms. The Labute approximate surface area is 156 Å². The second kappa shape index (κ2) is 9.00. The van der Waals surface area contributed by atoms with Crippen molar-refractivity contribution in [3.05, 3.63) is 23.9 Å². The summed E-state index contributed by atoms with van der Waals surface area (Å²) in [4.78, 5) is 23.8. The minimum absolute atomic E-state index is 0.264. The molecule has 26 heavy (non-hydrogen) atoms. The van der Waals surface area contributed by atoms with E-state index in [2.05, 4.69) is 27.8 Å². The van der Waals surface area contributed by atoms with Gasteiger partial charge in [0, 0.05) is 38.4 Å². The highest BCUT2D eigenvalue weighted by molar-refractivity contribution is 5.78. The summed E-state index contributed by atoms with van der Waals surface area (Å²) < 4.78 is 0. The van der Waals surface area contributed by atoms with Crippen LogP contribution in [-0.2, 0) is 4.79 Å². The van der Waals surface area contributed by atoms with Gasteiger partial charge in [0.25, 0.3) is 0 Å². The van der Waals surface area contributed by atoms with Crippen LogP contribution in [-0.4, -0.2) is 66.0 Å². The van der Waals surface area contributed by atoms with Crippen LogP contribution in [0.4, 0.5) is 5.82 Å². The number of aromatic nitrogens is 1. The molecule has 2 aliphatic heterocycles. The predicted molar refractivity (Wildman–Crippen MR) is 102 cm³/mol. The molecule has 1 amide bonds. The molecule has 1 unspecified atom stereocenters. The van der Waals surface area contributed by atoms with Crippen LogP contribution in [0.15, 0.2) is 18.3 Å². The number of anilines is 1. The van der Waals surface area contributed by atoms with Crippen molar-refractivity contribution in [3.63, 3.8) is 0 Å². The van der Waals surface area contributed by atoms with E-state index >= 15 is 0 Å². The maximum Gasteiger partial charge on any atom is 0.236 e. The SMILES string of the molecule is CCC1CCCCN1CC(=O)N1CCCN(c2ccc(C#N)cn2)CC1. The number of amides is 1. The number of hydrogen-bond acceptors (Lipinski definition) is 5. The highest BCUT2D eigenvalue weighted by atomic mass is 16.2. The van der Waals surface area contributed by atoms with E-state index in [1.807, 2.05) is 11.0 Å². The Kier molecular flexibility index (Phi) is 6.45. The molecule has 3 heterocycles. The first-order chi connectivity index (χ1) is 12.7. The van der Waals surface area contributed by atoms with E-state index in [0.29, 0.717) is 18.2 Å². The zero-order valence-electron chi connectivity index (χ0n) is 15.7. The first-order valence-corrected chi connectivity index (χ1v) is 9.84. The highest BCUT2D eigenvalue weighted by Gasteiger charge is 2.26. The molecule has 140 valence electrons. The third-order valence-corrected chi connectivity index (χ3v) is 5.61. The van der Waals surface area contributed by atoms with Crippen molar-refractivity contribution >= 4 is 11.7 Å². The van der Waals surface area contributed by atoms with Crippen LogP contribution in [0.3, 0.4) is 0 Å². The molecule has 0 N–H and O–H groups in total. The van der Waals surface area contributed by atoms with Crippen molar-refractivity contribution in [1.82, 2.24) is 14.8 Å². The average Bonchev–Trinajstić information content (AvgIpc) is 2.95. The summed E-state index contributed by atoms with van der Waals surface area (Å²) in [5, 5.41) is 8.90. The number of carbonyl (C=O) groups is 1. The summed E-state index contributed by atoms with van der Waals surface area (Å²) in [5.74, 6) is 1.15. The van der Waals surface area contributed by atoms with Crippen LogP contribution >= 0.6 is 0 Å². The molecule has 2 fully saturated rings. The number of nitrogens with zero attached hydrogens (tertiary/aromatic N) is 5. The fourth-order valence-electron chi connectivity index (χ4n) is 4.04. The Hall–Kier alpha value is -2.13. The maximum atomic E-state index is 12.8. The monoisotopic (exact) mass is 355 g/mol. The molecule has 6 heteroatoms. The lowest BCUT2D eigenvalue weighted by Gasteiger charge is -2.36. The summed E-state index contributed by atoms with van der Waals surface area (Å²) >= 11 is 0. The molecule has 0 aromatic carbocycles. The van der Waals surface area contributed by atoms with Gasteiger partial charge in [-0.25, -0.2) is 4.98 Å². The first-order valence-electron chi connectivity index (χ1n) is 9.84. The summed E-state index contributed by atoms with van der Waals surface area (Å²) in [7, 11) is 0. The smallest absolute Gasteiger partial charge is 0.236 e. The van der Waals surface area contributed by atoms with Gasteiger partial charge in [-0.1, -0.05) is 13.3 Å². The molecule has 1 aromatic rings. The molecule has 6 nitrogen and oxygen atoms in total. The van der Waals surface area contributed by atoms with Gasteiger partial charge in [0.15, 0.2) is 0 Å². The van der Waals surface area contributed by atoms with Crippen LogP contribution in [0.2, 0.25) is 0 Å². The second-order valence-corrected chi connectivity index (χ2v) is 7.27. The van der Waals surface area contributed by atoms with Crippen molar-refractivity contribution < 1.29 is 4.79 Å².